The molecule has 240 valence electrons. The molecule has 0 fully saturated rings. The maximum Gasteiger partial charge on any atom is 0.266 e. The van der Waals surface area contributed by atoms with Crippen LogP contribution >= 0.6 is 15.9 Å². The standard InChI is InChI=1S/C38H42BrN3O4/c1-37(2,3)22-23-40-42-36(44)38(26-31-12-7-8-13-33(31)39)34(29-16-14-28(15-17-29)27-10-5-4-6-11-27)46-35(41-38)30-18-20-32(21-19-30)45-25-9-24-43/h4-8,10-21,34,40,43H,9,22-26H2,1-3H3,(H,42,44)/t34-,38-/m0/s1. The lowest BCUT2D eigenvalue weighted by Gasteiger charge is -2.31. The van der Waals surface area contributed by atoms with E-state index in [9.17, 15) is 4.79 Å². The molecule has 0 radical (unpaired) electrons. The summed E-state index contributed by atoms with van der Waals surface area (Å²) in [7, 11) is 0. The number of benzene rings is 4. The molecule has 1 aliphatic heterocycles. The molecule has 0 saturated carbocycles. The zero-order chi connectivity index (χ0) is 32.6. The highest BCUT2D eigenvalue weighted by molar-refractivity contribution is 9.10. The zero-order valence-electron chi connectivity index (χ0n) is 26.6. The lowest BCUT2D eigenvalue weighted by atomic mass is 9.82. The minimum Gasteiger partial charge on any atom is -0.494 e. The van der Waals surface area contributed by atoms with Crippen LogP contribution in [-0.2, 0) is 16.0 Å². The van der Waals surface area contributed by atoms with E-state index in [1.807, 2.05) is 78.9 Å². The SMILES string of the molecule is CC(C)(C)CCNNC(=O)[C@@]1(Cc2ccccc2Br)N=C(c2ccc(OCCCO)cc2)O[C@H]1c1ccc(-c2ccccc2)cc1. The molecule has 3 N–H and O–H groups in total. The average molecular weight is 685 g/mol. The Kier molecular flexibility index (Phi) is 10.9. The predicted molar refractivity (Wildman–Crippen MR) is 187 cm³/mol. The highest BCUT2D eigenvalue weighted by atomic mass is 79.9. The summed E-state index contributed by atoms with van der Waals surface area (Å²) in [5.74, 6) is 0.799. The van der Waals surface area contributed by atoms with Crippen molar-refractivity contribution in [3.63, 3.8) is 0 Å². The molecule has 1 heterocycles. The number of carbonyl (C=O) groups is 1. The van der Waals surface area contributed by atoms with Crippen molar-refractivity contribution in [2.75, 3.05) is 19.8 Å². The van der Waals surface area contributed by atoms with Gasteiger partial charge in [-0.2, -0.15) is 0 Å². The van der Waals surface area contributed by atoms with Crippen LogP contribution < -0.4 is 15.6 Å². The van der Waals surface area contributed by atoms with Crippen LogP contribution in [0.3, 0.4) is 0 Å². The van der Waals surface area contributed by atoms with Crippen molar-refractivity contribution in [2.24, 2.45) is 10.4 Å². The number of rotatable bonds is 13. The van der Waals surface area contributed by atoms with Crippen LogP contribution in [-0.4, -0.2) is 42.2 Å². The van der Waals surface area contributed by atoms with Gasteiger partial charge in [-0.1, -0.05) is 109 Å². The predicted octanol–water partition coefficient (Wildman–Crippen LogP) is 7.43. The molecule has 0 aromatic heterocycles. The fourth-order valence-corrected chi connectivity index (χ4v) is 5.81. The summed E-state index contributed by atoms with van der Waals surface area (Å²) in [6.45, 7) is 7.63. The Balaban J connectivity index is 1.54. The van der Waals surface area contributed by atoms with Gasteiger partial charge in [0.25, 0.3) is 5.91 Å². The number of amides is 1. The van der Waals surface area contributed by atoms with Crippen LogP contribution in [0.15, 0.2) is 113 Å². The van der Waals surface area contributed by atoms with Crippen molar-refractivity contribution in [3.8, 4) is 16.9 Å². The van der Waals surface area contributed by atoms with Gasteiger partial charge in [0.05, 0.1) is 6.61 Å². The first-order valence-electron chi connectivity index (χ1n) is 15.7. The van der Waals surface area contributed by atoms with Crippen molar-refractivity contribution in [1.29, 1.82) is 0 Å². The van der Waals surface area contributed by atoms with E-state index in [2.05, 4.69) is 71.8 Å². The highest BCUT2D eigenvalue weighted by Gasteiger charge is 2.53. The summed E-state index contributed by atoms with van der Waals surface area (Å²) in [5, 5.41) is 9.09. The van der Waals surface area contributed by atoms with Crippen molar-refractivity contribution < 1.29 is 19.4 Å². The van der Waals surface area contributed by atoms with Crippen LogP contribution in [0.1, 0.15) is 56.4 Å². The lowest BCUT2D eigenvalue weighted by molar-refractivity contribution is -0.130. The van der Waals surface area contributed by atoms with Crippen molar-refractivity contribution >= 4 is 27.7 Å². The van der Waals surface area contributed by atoms with Gasteiger partial charge in [0.2, 0.25) is 5.90 Å². The van der Waals surface area contributed by atoms with E-state index in [4.69, 9.17) is 19.6 Å². The van der Waals surface area contributed by atoms with Crippen molar-refractivity contribution in [3.05, 3.63) is 124 Å². The number of ether oxygens (including phenoxy) is 2. The molecule has 0 spiro atoms. The van der Waals surface area contributed by atoms with Gasteiger partial charge < -0.3 is 14.6 Å². The summed E-state index contributed by atoms with van der Waals surface area (Å²) in [4.78, 5) is 19.6. The largest absolute Gasteiger partial charge is 0.494 e. The molecule has 1 aliphatic rings. The zero-order valence-corrected chi connectivity index (χ0v) is 28.2. The lowest BCUT2D eigenvalue weighted by Crippen LogP contribution is -2.54. The summed E-state index contributed by atoms with van der Waals surface area (Å²) >= 11 is 3.70. The molecular formula is C38H42BrN3O4. The van der Waals surface area contributed by atoms with Gasteiger partial charge in [0, 0.05) is 36.0 Å². The maximum absolute atomic E-state index is 14.4. The number of halogens is 1. The van der Waals surface area contributed by atoms with E-state index < -0.39 is 11.6 Å². The number of hydrazine groups is 1. The molecule has 5 rings (SSSR count). The first-order valence-corrected chi connectivity index (χ1v) is 16.5. The topological polar surface area (TPSA) is 92.2 Å². The van der Waals surface area contributed by atoms with Crippen molar-refractivity contribution in [2.45, 2.75) is 51.7 Å². The third-order valence-corrected chi connectivity index (χ3v) is 8.74. The van der Waals surface area contributed by atoms with Crippen LogP contribution in [0, 0.1) is 5.41 Å². The van der Waals surface area contributed by atoms with E-state index in [0.717, 1.165) is 38.7 Å². The van der Waals surface area contributed by atoms with Gasteiger partial charge in [0.1, 0.15) is 5.75 Å². The van der Waals surface area contributed by atoms with E-state index in [1.54, 1.807) is 0 Å². The summed E-state index contributed by atoms with van der Waals surface area (Å²) in [5.41, 5.74) is 9.66. The van der Waals surface area contributed by atoms with E-state index in [1.165, 1.54) is 0 Å². The first kappa shape index (κ1) is 33.4. The fraction of sp³-hybridized carbons (Fsp3) is 0.316. The van der Waals surface area contributed by atoms with Gasteiger partial charge in [-0.15, -0.1) is 0 Å². The number of aliphatic imine (C=N–C) groups is 1. The van der Waals surface area contributed by atoms with Crippen LogP contribution in [0.5, 0.6) is 5.75 Å². The number of aliphatic hydroxyl groups is 1. The molecule has 2 atom stereocenters. The normalized spacial score (nSPS) is 17.7. The second kappa shape index (κ2) is 15.1. The maximum atomic E-state index is 14.4. The molecule has 8 heteroatoms. The molecule has 1 amide bonds. The van der Waals surface area contributed by atoms with Gasteiger partial charge in [-0.3, -0.25) is 10.2 Å². The molecule has 0 unspecified atom stereocenters. The Hall–Kier alpha value is -3.98. The number of carbonyl (C=O) groups excluding carboxylic acids is 1. The van der Waals surface area contributed by atoms with Gasteiger partial charge in [0.15, 0.2) is 11.6 Å². The molecule has 0 bridgehead atoms. The Morgan fingerprint density at radius 1 is 0.913 bits per heavy atom. The monoisotopic (exact) mass is 683 g/mol. The van der Waals surface area contributed by atoms with E-state index in [-0.39, 0.29) is 17.9 Å². The molecule has 0 aliphatic carbocycles. The van der Waals surface area contributed by atoms with E-state index >= 15 is 0 Å². The van der Waals surface area contributed by atoms with Gasteiger partial charge in [-0.25, -0.2) is 10.4 Å². The fourth-order valence-electron chi connectivity index (χ4n) is 5.38. The highest BCUT2D eigenvalue weighted by Crippen LogP contribution is 2.43. The van der Waals surface area contributed by atoms with Crippen LogP contribution in [0.2, 0.25) is 0 Å². The number of hydrogen-bond donors (Lipinski definition) is 3. The molecule has 0 saturated heterocycles. The Labute approximate surface area is 280 Å². The number of nitrogens with zero attached hydrogens (tertiary/aromatic N) is 1. The molecule has 46 heavy (non-hydrogen) atoms. The second-order valence-electron chi connectivity index (χ2n) is 12.7. The quantitative estimate of drug-likeness (QED) is 0.101. The summed E-state index contributed by atoms with van der Waals surface area (Å²) < 4.78 is 13.3. The van der Waals surface area contributed by atoms with Crippen molar-refractivity contribution in [1.82, 2.24) is 10.9 Å². The Morgan fingerprint density at radius 2 is 1.57 bits per heavy atom. The Bertz CT molecular complexity index is 1620. The minimum atomic E-state index is -1.32. The third kappa shape index (κ3) is 8.23. The second-order valence-corrected chi connectivity index (χ2v) is 13.6. The van der Waals surface area contributed by atoms with Gasteiger partial charge >= 0.3 is 0 Å². The van der Waals surface area contributed by atoms with Crippen LogP contribution in [0.25, 0.3) is 11.1 Å². The Morgan fingerprint density at radius 3 is 2.24 bits per heavy atom. The van der Waals surface area contributed by atoms with Crippen LogP contribution in [0.4, 0.5) is 0 Å². The van der Waals surface area contributed by atoms with Gasteiger partial charge in [-0.05, 0) is 64.4 Å². The summed E-state index contributed by atoms with van der Waals surface area (Å²) in [6, 6.07) is 33.8. The number of aliphatic hydroxyl groups excluding tert-OH is 1. The average Bonchev–Trinajstić information content (AvgIpc) is 3.45. The number of nitrogens with one attached hydrogen (secondary N) is 2. The first-order chi connectivity index (χ1) is 22.2. The molecular weight excluding hydrogens is 642 g/mol. The van der Waals surface area contributed by atoms with E-state index in [0.29, 0.717) is 37.6 Å². The molecule has 4 aromatic carbocycles. The molecule has 4 aromatic rings. The minimum absolute atomic E-state index is 0.0726. The smallest absolute Gasteiger partial charge is 0.266 e. The third-order valence-electron chi connectivity index (χ3n) is 7.97. The number of hydrogen-bond acceptors (Lipinski definition) is 6. The summed E-state index contributed by atoms with van der Waals surface area (Å²) in [6.07, 6.45) is 1.04. The molecule has 7 nitrogen and oxygen atoms in total.